The van der Waals surface area contributed by atoms with Crippen molar-refractivity contribution in [2.75, 3.05) is 5.73 Å². The second-order valence-electron chi connectivity index (χ2n) is 6.22. The number of rotatable bonds is 2. The van der Waals surface area contributed by atoms with Gasteiger partial charge in [0, 0.05) is 16.8 Å². The van der Waals surface area contributed by atoms with E-state index in [0.717, 1.165) is 6.07 Å². The number of nitrogens with zero attached hydrogens (tertiary/aromatic N) is 2. The molecule has 0 radical (unpaired) electrons. The summed E-state index contributed by atoms with van der Waals surface area (Å²) in [7, 11) is 0. The third-order valence-corrected chi connectivity index (χ3v) is 4.32. The maximum Gasteiger partial charge on any atom is 0.417 e. The summed E-state index contributed by atoms with van der Waals surface area (Å²) in [5, 5.41) is -0.252. The van der Waals surface area contributed by atoms with Gasteiger partial charge in [0.05, 0.1) is 22.3 Å². The summed E-state index contributed by atoms with van der Waals surface area (Å²) in [5.41, 5.74) is 6.36. The molecule has 0 bridgehead atoms. The number of pyridine rings is 2. The molecule has 3 nitrogen and oxygen atoms in total. The lowest BCUT2D eigenvalue weighted by Gasteiger charge is -2.15. The van der Waals surface area contributed by atoms with Crippen molar-refractivity contribution in [1.82, 2.24) is 9.97 Å². The first-order valence-corrected chi connectivity index (χ1v) is 8.33. The van der Waals surface area contributed by atoms with Gasteiger partial charge in [0.1, 0.15) is 5.82 Å². The van der Waals surface area contributed by atoms with Crippen LogP contribution in [0.4, 0.5) is 23.2 Å². The lowest BCUT2D eigenvalue weighted by atomic mass is 10.0. The van der Waals surface area contributed by atoms with Crippen LogP contribution >= 0.6 is 0 Å². The molecule has 2 aromatic heterocycles. The van der Waals surface area contributed by atoms with E-state index in [-0.39, 0.29) is 22.4 Å². The maximum atomic E-state index is 13.7. The molecule has 7 heteroatoms. The first kappa shape index (κ1) is 17.9. The molecule has 0 aliphatic heterocycles. The Labute approximate surface area is 157 Å². The number of hydrogen-bond donors (Lipinski definition) is 1. The van der Waals surface area contributed by atoms with Gasteiger partial charge in [-0.2, -0.15) is 13.2 Å². The Hall–Kier alpha value is -3.48. The number of benzene rings is 2. The van der Waals surface area contributed by atoms with Crippen LogP contribution in [0, 0.1) is 5.82 Å². The van der Waals surface area contributed by atoms with Crippen molar-refractivity contribution >= 4 is 16.7 Å². The smallest absolute Gasteiger partial charge is 0.398 e. The summed E-state index contributed by atoms with van der Waals surface area (Å²) >= 11 is 0. The summed E-state index contributed by atoms with van der Waals surface area (Å²) in [6.07, 6.45) is -4.63. The van der Waals surface area contributed by atoms with Gasteiger partial charge in [0.25, 0.3) is 0 Å². The van der Waals surface area contributed by atoms with Gasteiger partial charge in [0.2, 0.25) is 0 Å². The number of hydrogen-bond acceptors (Lipinski definition) is 3. The molecule has 0 atom stereocenters. The fourth-order valence-electron chi connectivity index (χ4n) is 3.01. The third kappa shape index (κ3) is 3.26. The van der Waals surface area contributed by atoms with Crippen LogP contribution in [-0.4, -0.2) is 9.97 Å². The number of nitrogen functional groups attached to an aromatic ring is 1. The van der Waals surface area contributed by atoms with Gasteiger partial charge in [0.15, 0.2) is 5.65 Å². The highest BCUT2D eigenvalue weighted by atomic mass is 19.4. The minimum absolute atomic E-state index is 0.0937. The van der Waals surface area contributed by atoms with Crippen LogP contribution in [0.2, 0.25) is 0 Å². The van der Waals surface area contributed by atoms with E-state index in [1.165, 1.54) is 30.3 Å². The highest BCUT2D eigenvalue weighted by molar-refractivity contribution is 5.95. The normalized spacial score (nSPS) is 11.7. The first-order valence-electron chi connectivity index (χ1n) is 8.33. The molecule has 2 aromatic carbocycles. The molecule has 28 heavy (non-hydrogen) atoms. The Morgan fingerprint density at radius 2 is 1.32 bits per heavy atom. The van der Waals surface area contributed by atoms with E-state index >= 15 is 0 Å². The fourth-order valence-corrected chi connectivity index (χ4v) is 3.01. The SMILES string of the molecule is Nc1cc(-c2ccc(F)cc2)nc2nc(-c3ccccc3)cc(C(F)(F)F)c12. The second kappa shape index (κ2) is 6.60. The topological polar surface area (TPSA) is 51.8 Å². The van der Waals surface area contributed by atoms with Gasteiger partial charge >= 0.3 is 6.18 Å². The van der Waals surface area contributed by atoms with Crippen molar-refractivity contribution in [3.8, 4) is 22.5 Å². The van der Waals surface area contributed by atoms with Crippen molar-refractivity contribution in [3.05, 3.63) is 78.1 Å². The molecular formula is C21H13F4N3. The minimum Gasteiger partial charge on any atom is -0.398 e. The minimum atomic E-state index is -4.63. The molecule has 4 rings (SSSR count). The Balaban J connectivity index is 2.01. The number of aromatic nitrogens is 2. The number of halogens is 4. The number of fused-ring (bicyclic) bond motifs is 1. The standard InChI is InChI=1S/C21H13F4N3/c22-14-8-6-13(7-9-14)18-11-16(26)19-15(21(23,24)25)10-17(27-20(19)28-18)12-4-2-1-3-5-12/h1-11H,(H2,26,27,28). The average Bonchev–Trinajstić information content (AvgIpc) is 2.67. The molecule has 0 unspecified atom stereocenters. The molecule has 140 valence electrons. The third-order valence-electron chi connectivity index (χ3n) is 4.32. The number of nitrogens with two attached hydrogens (primary N) is 1. The quantitative estimate of drug-likeness (QED) is 0.452. The van der Waals surface area contributed by atoms with Gasteiger partial charge in [-0.1, -0.05) is 30.3 Å². The van der Waals surface area contributed by atoms with Crippen LogP contribution in [0.5, 0.6) is 0 Å². The highest BCUT2D eigenvalue weighted by Gasteiger charge is 2.35. The zero-order valence-electron chi connectivity index (χ0n) is 14.3. The van der Waals surface area contributed by atoms with Crippen LogP contribution in [0.25, 0.3) is 33.5 Å². The van der Waals surface area contributed by atoms with Crippen LogP contribution < -0.4 is 5.73 Å². The zero-order chi connectivity index (χ0) is 19.9. The summed E-state index contributed by atoms with van der Waals surface area (Å²) in [5.74, 6) is -0.429. The summed E-state index contributed by atoms with van der Waals surface area (Å²) in [6.45, 7) is 0. The lowest BCUT2D eigenvalue weighted by Crippen LogP contribution is -2.09. The van der Waals surface area contributed by atoms with Gasteiger partial charge < -0.3 is 5.73 Å². The van der Waals surface area contributed by atoms with Gasteiger partial charge in [-0.3, -0.25) is 0 Å². The Morgan fingerprint density at radius 1 is 0.750 bits per heavy atom. The lowest BCUT2D eigenvalue weighted by molar-refractivity contribution is -0.136. The molecule has 4 aromatic rings. The first-order chi connectivity index (χ1) is 13.3. The zero-order valence-corrected chi connectivity index (χ0v) is 14.3. The molecule has 2 N–H and O–H groups in total. The summed E-state index contributed by atoms with van der Waals surface area (Å²) in [4.78, 5) is 8.60. The van der Waals surface area contributed by atoms with Gasteiger partial charge in [-0.25, -0.2) is 14.4 Å². The van der Waals surface area contributed by atoms with Crippen LogP contribution in [0.15, 0.2) is 66.7 Å². The van der Waals surface area contributed by atoms with E-state index in [2.05, 4.69) is 9.97 Å². The fraction of sp³-hybridized carbons (Fsp3) is 0.0476. The molecule has 0 saturated carbocycles. The van der Waals surface area contributed by atoms with Crippen molar-refractivity contribution in [2.24, 2.45) is 0 Å². The Bertz CT molecular complexity index is 1150. The molecule has 0 spiro atoms. The van der Waals surface area contributed by atoms with Crippen molar-refractivity contribution < 1.29 is 17.6 Å². The average molecular weight is 383 g/mol. The highest BCUT2D eigenvalue weighted by Crippen LogP contribution is 2.39. The van der Waals surface area contributed by atoms with E-state index in [4.69, 9.17) is 5.73 Å². The van der Waals surface area contributed by atoms with Crippen molar-refractivity contribution in [1.29, 1.82) is 0 Å². The Morgan fingerprint density at radius 3 is 1.93 bits per heavy atom. The predicted molar refractivity (Wildman–Crippen MR) is 99.8 cm³/mol. The molecular weight excluding hydrogens is 370 g/mol. The predicted octanol–water partition coefficient (Wildman–Crippen LogP) is 5.70. The monoisotopic (exact) mass is 383 g/mol. The summed E-state index contributed by atoms with van der Waals surface area (Å²) < 4.78 is 54.3. The molecule has 0 fully saturated rings. The van der Waals surface area contributed by atoms with Crippen LogP contribution in [0.3, 0.4) is 0 Å². The molecule has 0 aliphatic rings. The maximum absolute atomic E-state index is 13.7. The van der Waals surface area contributed by atoms with E-state index in [9.17, 15) is 17.6 Å². The number of alkyl halides is 3. The largest absolute Gasteiger partial charge is 0.417 e. The Kier molecular flexibility index (Phi) is 4.22. The van der Waals surface area contributed by atoms with Crippen LogP contribution in [0.1, 0.15) is 5.56 Å². The number of anilines is 1. The van der Waals surface area contributed by atoms with Gasteiger partial charge in [-0.05, 0) is 36.4 Å². The molecule has 2 heterocycles. The van der Waals surface area contributed by atoms with Crippen molar-refractivity contribution in [2.45, 2.75) is 6.18 Å². The van der Waals surface area contributed by atoms with Crippen LogP contribution in [-0.2, 0) is 6.18 Å². The molecule has 0 saturated heterocycles. The second-order valence-corrected chi connectivity index (χ2v) is 6.22. The van der Waals surface area contributed by atoms with E-state index < -0.39 is 17.6 Å². The van der Waals surface area contributed by atoms with Crippen molar-refractivity contribution in [3.63, 3.8) is 0 Å². The summed E-state index contributed by atoms with van der Waals surface area (Å²) in [6, 6.07) is 16.3. The molecule has 0 aliphatic carbocycles. The van der Waals surface area contributed by atoms with E-state index in [1.54, 1.807) is 30.3 Å². The van der Waals surface area contributed by atoms with E-state index in [1.807, 2.05) is 0 Å². The molecule has 0 amide bonds. The van der Waals surface area contributed by atoms with Gasteiger partial charge in [-0.15, -0.1) is 0 Å². The van der Waals surface area contributed by atoms with E-state index in [0.29, 0.717) is 16.8 Å².